The summed E-state index contributed by atoms with van der Waals surface area (Å²) in [5.41, 5.74) is 0. The first-order valence-corrected chi connectivity index (χ1v) is 5.07. The van der Waals surface area contributed by atoms with Crippen molar-refractivity contribution in [3.8, 4) is 0 Å². The second-order valence-corrected chi connectivity index (χ2v) is 4.19. The zero-order valence-electron chi connectivity index (χ0n) is 6.75. The summed E-state index contributed by atoms with van der Waals surface area (Å²) in [4.78, 5) is 0. The highest BCUT2D eigenvalue weighted by atomic mass is 32.2. The average molecular weight is 171 g/mol. The maximum absolute atomic E-state index is 5.62. The summed E-state index contributed by atoms with van der Waals surface area (Å²) in [7, 11) is 0. The summed E-state index contributed by atoms with van der Waals surface area (Å²) >= 11 is 1.72. The third-order valence-corrected chi connectivity index (χ3v) is 3.45. The molecule has 0 aromatic heterocycles. The van der Waals surface area contributed by atoms with Crippen LogP contribution in [0.25, 0.3) is 0 Å². The van der Waals surface area contributed by atoms with Crippen molar-refractivity contribution < 1.29 is 4.74 Å². The molecule has 1 fully saturated rings. The highest BCUT2D eigenvalue weighted by Crippen LogP contribution is 2.34. The molecule has 2 atom stereocenters. The van der Waals surface area contributed by atoms with Gasteiger partial charge in [-0.3, -0.25) is 0 Å². The van der Waals surface area contributed by atoms with E-state index in [1.54, 1.807) is 11.9 Å². The molecule has 2 unspecified atom stereocenters. The van der Waals surface area contributed by atoms with Crippen LogP contribution >= 0.6 is 11.9 Å². The molecule has 0 aromatic carbocycles. The van der Waals surface area contributed by atoms with Crippen molar-refractivity contribution in [1.29, 1.82) is 0 Å². The number of nitrogens with zero attached hydrogens (tertiary/aromatic N) is 1. The molecule has 2 rings (SSSR count). The van der Waals surface area contributed by atoms with Gasteiger partial charge >= 0.3 is 0 Å². The smallest absolute Gasteiger partial charge is 0.192 e. The second-order valence-electron chi connectivity index (χ2n) is 3.19. The molecular weight excluding hydrogens is 158 g/mol. The van der Waals surface area contributed by atoms with Crippen LogP contribution in [-0.4, -0.2) is 17.3 Å². The molecule has 1 aliphatic carbocycles. The van der Waals surface area contributed by atoms with Gasteiger partial charge in [0.2, 0.25) is 0 Å². The van der Waals surface area contributed by atoms with Crippen LogP contribution in [0.4, 0.5) is 0 Å². The summed E-state index contributed by atoms with van der Waals surface area (Å²) in [5, 5.41) is 0.646. The number of hydrogen-bond acceptors (Lipinski definition) is 3. The SMILES string of the molecule is CC1=NSC2CCCCC2O1. The van der Waals surface area contributed by atoms with Gasteiger partial charge < -0.3 is 4.74 Å². The van der Waals surface area contributed by atoms with Gasteiger partial charge in [0, 0.05) is 6.92 Å². The van der Waals surface area contributed by atoms with Gasteiger partial charge in [0.1, 0.15) is 6.10 Å². The largest absolute Gasteiger partial charge is 0.476 e. The minimum Gasteiger partial charge on any atom is -0.476 e. The molecule has 11 heavy (non-hydrogen) atoms. The lowest BCUT2D eigenvalue weighted by atomic mass is 9.97. The molecule has 0 bridgehead atoms. The molecular formula is C8H13NOS. The van der Waals surface area contributed by atoms with E-state index in [2.05, 4.69) is 4.40 Å². The molecule has 0 radical (unpaired) electrons. The lowest BCUT2D eigenvalue weighted by molar-refractivity contribution is 0.145. The maximum atomic E-state index is 5.62. The van der Waals surface area contributed by atoms with Crippen LogP contribution in [0.1, 0.15) is 32.6 Å². The van der Waals surface area contributed by atoms with Gasteiger partial charge in [-0.2, -0.15) is 4.40 Å². The minimum atomic E-state index is 0.464. The highest BCUT2D eigenvalue weighted by Gasteiger charge is 2.30. The first-order chi connectivity index (χ1) is 5.36. The van der Waals surface area contributed by atoms with Crippen molar-refractivity contribution in [1.82, 2.24) is 0 Å². The van der Waals surface area contributed by atoms with Gasteiger partial charge in [-0.05, 0) is 31.2 Å². The van der Waals surface area contributed by atoms with Crippen molar-refractivity contribution in [2.75, 3.05) is 0 Å². The van der Waals surface area contributed by atoms with E-state index in [0.717, 1.165) is 5.90 Å². The van der Waals surface area contributed by atoms with E-state index in [-0.39, 0.29) is 0 Å². The summed E-state index contributed by atoms with van der Waals surface area (Å²) in [6, 6.07) is 0. The van der Waals surface area contributed by atoms with Crippen LogP contribution in [0, 0.1) is 0 Å². The number of fused-ring (bicyclic) bond motifs is 1. The van der Waals surface area contributed by atoms with Crippen molar-refractivity contribution >= 4 is 17.8 Å². The predicted molar refractivity (Wildman–Crippen MR) is 47.8 cm³/mol. The third kappa shape index (κ3) is 1.53. The highest BCUT2D eigenvalue weighted by molar-refractivity contribution is 7.98. The van der Waals surface area contributed by atoms with Crippen LogP contribution in [0.3, 0.4) is 0 Å². The topological polar surface area (TPSA) is 21.6 Å². The van der Waals surface area contributed by atoms with Gasteiger partial charge in [-0.1, -0.05) is 6.42 Å². The molecule has 3 heteroatoms. The van der Waals surface area contributed by atoms with Gasteiger partial charge in [0.25, 0.3) is 0 Å². The number of ether oxygens (including phenoxy) is 1. The standard InChI is InChI=1S/C8H13NOS/c1-6-9-11-8-5-3-2-4-7(8)10-6/h7-8H,2-5H2,1H3. The van der Waals surface area contributed by atoms with Crippen molar-refractivity contribution in [2.24, 2.45) is 4.40 Å². The molecule has 62 valence electrons. The van der Waals surface area contributed by atoms with E-state index in [9.17, 15) is 0 Å². The number of hydrogen-bond donors (Lipinski definition) is 0. The van der Waals surface area contributed by atoms with E-state index in [0.29, 0.717) is 11.4 Å². The molecule has 0 saturated heterocycles. The van der Waals surface area contributed by atoms with Crippen molar-refractivity contribution in [3.05, 3.63) is 0 Å². The molecule has 0 N–H and O–H groups in total. The summed E-state index contributed by atoms with van der Waals surface area (Å²) < 4.78 is 9.84. The third-order valence-electron chi connectivity index (χ3n) is 2.28. The lowest BCUT2D eigenvalue weighted by Gasteiger charge is -2.32. The Morgan fingerprint density at radius 1 is 1.45 bits per heavy atom. The fraction of sp³-hybridized carbons (Fsp3) is 0.875. The minimum absolute atomic E-state index is 0.464. The average Bonchev–Trinajstić information content (AvgIpc) is 2.04. The molecule has 1 saturated carbocycles. The Morgan fingerprint density at radius 3 is 3.18 bits per heavy atom. The van der Waals surface area contributed by atoms with E-state index in [4.69, 9.17) is 4.74 Å². The van der Waals surface area contributed by atoms with Crippen LogP contribution in [-0.2, 0) is 4.74 Å². The normalized spacial score (nSPS) is 37.0. The van der Waals surface area contributed by atoms with E-state index < -0.39 is 0 Å². The molecule has 2 aliphatic rings. The van der Waals surface area contributed by atoms with E-state index >= 15 is 0 Å². The van der Waals surface area contributed by atoms with E-state index in [1.165, 1.54) is 25.7 Å². The van der Waals surface area contributed by atoms with Gasteiger partial charge in [0.15, 0.2) is 5.90 Å². The summed E-state index contributed by atoms with van der Waals surface area (Å²) in [6.45, 7) is 1.94. The molecule has 0 amide bonds. The second kappa shape index (κ2) is 3.05. The fourth-order valence-electron chi connectivity index (χ4n) is 1.70. The van der Waals surface area contributed by atoms with Crippen molar-refractivity contribution in [3.63, 3.8) is 0 Å². The van der Waals surface area contributed by atoms with Gasteiger partial charge in [-0.25, -0.2) is 0 Å². The first kappa shape index (κ1) is 7.47. The zero-order valence-corrected chi connectivity index (χ0v) is 7.56. The Morgan fingerprint density at radius 2 is 2.27 bits per heavy atom. The first-order valence-electron chi connectivity index (χ1n) is 4.23. The molecule has 2 nitrogen and oxygen atoms in total. The molecule has 1 aliphatic heterocycles. The Hall–Kier alpha value is -0.180. The zero-order chi connectivity index (χ0) is 7.68. The van der Waals surface area contributed by atoms with Gasteiger partial charge in [-0.15, -0.1) is 0 Å². The van der Waals surface area contributed by atoms with E-state index in [1.807, 2.05) is 6.92 Å². The van der Waals surface area contributed by atoms with Gasteiger partial charge in [0.05, 0.1) is 5.25 Å². The van der Waals surface area contributed by atoms with Crippen LogP contribution in [0.2, 0.25) is 0 Å². The lowest BCUT2D eigenvalue weighted by Crippen LogP contribution is -2.33. The van der Waals surface area contributed by atoms with Crippen LogP contribution in [0.15, 0.2) is 4.40 Å². The van der Waals surface area contributed by atoms with Crippen LogP contribution < -0.4 is 0 Å². The Kier molecular flexibility index (Phi) is 2.07. The monoisotopic (exact) mass is 171 g/mol. The molecule has 0 aromatic rings. The predicted octanol–water partition coefficient (Wildman–Crippen LogP) is 2.39. The summed E-state index contributed by atoms with van der Waals surface area (Å²) in [5.74, 6) is 0.859. The fourth-order valence-corrected chi connectivity index (χ4v) is 2.63. The van der Waals surface area contributed by atoms with Crippen molar-refractivity contribution in [2.45, 2.75) is 44.0 Å². The van der Waals surface area contributed by atoms with Crippen LogP contribution in [0.5, 0.6) is 0 Å². The maximum Gasteiger partial charge on any atom is 0.192 e. The molecule has 1 heterocycles. The Bertz CT molecular complexity index is 181. The Balaban J connectivity index is 2.04. The quantitative estimate of drug-likeness (QED) is 0.522. The summed E-state index contributed by atoms with van der Waals surface area (Å²) in [6.07, 6.45) is 5.66. The Labute approximate surface area is 71.5 Å². The molecule has 0 spiro atoms. The number of rotatable bonds is 0.